The first-order valence-corrected chi connectivity index (χ1v) is 6.54. The van der Waals surface area contributed by atoms with Crippen molar-refractivity contribution in [3.05, 3.63) is 24.3 Å². The normalized spacial score (nSPS) is 50.5. The molecule has 0 radical (unpaired) electrons. The molecule has 1 spiro atoms. The molecule has 2 aliphatic carbocycles. The van der Waals surface area contributed by atoms with Crippen molar-refractivity contribution in [2.75, 3.05) is 0 Å². The highest BCUT2D eigenvalue weighted by Crippen LogP contribution is 2.63. The lowest BCUT2D eigenvalue weighted by atomic mass is 9.61. The third-order valence-electron chi connectivity index (χ3n) is 5.36. The minimum Gasteiger partial charge on any atom is -0.369 e. The SMILES string of the molecule is C=C(C)[C@@H]1CCC(=C)[C@@]2(C1)C[C@H]1O[C@H]1[C@@H]2C. The molecule has 2 saturated carbocycles. The van der Waals surface area contributed by atoms with Crippen LogP contribution in [-0.2, 0) is 4.74 Å². The lowest BCUT2D eigenvalue weighted by Crippen LogP contribution is -2.36. The van der Waals surface area contributed by atoms with Gasteiger partial charge in [0.25, 0.3) is 0 Å². The highest BCUT2D eigenvalue weighted by Gasteiger charge is 2.62. The van der Waals surface area contributed by atoms with Gasteiger partial charge in [-0.25, -0.2) is 0 Å². The summed E-state index contributed by atoms with van der Waals surface area (Å²) in [5, 5.41) is 0. The molecule has 1 saturated heterocycles. The zero-order valence-corrected chi connectivity index (χ0v) is 10.5. The second-order valence-electron chi connectivity index (χ2n) is 6.18. The van der Waals surface area contributed by atoms with E-state index >= 15 is 0 Å². The predicted molar refractivity (Wildman–Crippen MR) is 66.2 cm³/mol. The van der Waals surface area contributed by atoms with Crippen molar-refractivity contribution in [2.24, 2.45) is 17.3 Å². The van der Waals surface area contributed by atoms with Crippen LogP contribution in [0.2, 0.25) is 0 Å². The van der Waals surface area contributed by atoms with Crippen molar-refractivity contribution in [1.82, 2.24) is 0 Å². The zero-order valence-electron chi connectivity index (χ0n) is 10.5. The van der Waals surface area contributed by atoms with Crippen molar-refractivity contribution in [3.63, 3.8) is 0 Å². The fourth-order valence-electron chi connectivity index (χ4n) is 4.06. The lowest BCUT2D eigenvalue weighted by Gasteiger charge is -2.44. The Hall–Kier alpha value is -0.560. The van der Waals surface area contributed by atoms with Crippen LogP contribution in [0.5, 0.6) is 0 Å². The summed E-state index contributed by atoms with van der Waals surface area (Å²) in [7, 11) is 0. The Morgan fingerprint density at radius 1 is 1.44 bits per heavy atom. The van der Waals surface area contributed by atoms with Crippen LogP contribution in [0, 0.1) is 17.3 Å². The quantitative estimate of drug-likeness (QED) is 0.483. The average molecular weight is 218 g/mol. The summed E-state index contributed by atoms with van der Waals surface area (Å²) < 4.78 is 5.67. The van der Waals surface area contributed by atoms with Gasteiger partial charge in [-0.05, 0) is 49.9 Å². The van der Waals surface area contributed by atoms with Gasteiger partial charge in [0, 0.05) is 0 Å². The molecule has 1 heteroatoms. The van der Waals surface area contributed by atoms with E-state index in [1.54, 1.807) is 0 Å². The van der Waals surface area contributed by atoms with Gasteiger partial charge in [-0.1, -0.05) is 31.2 Å². The van der Waals surface area contributed by atoms with E-state index in [1.807, 2.05) is 0 Å². The van der Waals surface area contributed by atoms with E-state index in [0.29, 0.717) is 29.5 Å². The average Bonchev–Trinajstić information content (AvgIpc) is 2.93. The lowest BCUT2D eigenvalue weighted by molar-refractivity contribution is 0.0982. The molecule has 1 heterocycles. The molecule has 88 valence electrons. The Labute approximate surface area is 98.6 Å². The predicted octanol–water partition coefficient (Wildman–Crippen LogP) is 3.71. The molecule has 1 aliphatic heterocycles. The molecule has 3 aliphatic rings. The molecule has 3 rings (SSSR count). The number of allylic oxidation sites excluding steroid dienone is 2. The summed E-state index contributed by atoms with van der Waals surface area (Å²) in [5.74, 6) is 1.39. The molecule has 0 bridgehead atoms. The summed E-state index contributed by atoms with van der Waals surface area (Å²) in [6.07, 6.45) is 6.05. The molecule has 0 amide bonds. The van der Waals surface area contributed by atoms with Gasteiger partial charge in [0.2, 0.25) is 0 Å². The van der Waals surface area contributed by atoms with Crippen LogP contribution in [0.15, 0.2) is 24.3 Å². The van der Waals surface area contributed by atoms with Crippen LogP contribution < -0.4 is 0 Å². The summed E-state index contributed by atoms with van der Waals surface area (Å²) in [6, 6.07) is 0. The van der Waals surface area contributed by atoms with Crippen molar-refractivity contribution < 1.29 is 4.74 Å². The molecular weight excluding hydrogens is 196 g/mol. The van der Waals surface area contributed by atoms with Crippen LogP contribution in [0.3, 0.4) is 0 Å². The molecule has 16 heavy (non-hydrogen) atoms. The molecule has 0 unspecified atom stereocenters. The zero-order chi connectivity index (χ0) is 11.5. The number of rotatable bonds is 1. The maximum Gasteiger partial charge on any atom is 0.0876 e. The summed E-state index contributed by atoms with van der Waals surface area (Å²) >= 11 is 0. The number of hydrogen-bond donors (Lipinski definition) is 0. The summed E-state index contributed by atoms with van der Waals surface area (Å²) in [6.45, 7) is 13.1. The maximum atomic E-state index is 5.67. The second kappa shape index (κ2) is 3.22. The van der Waals surface area contributed by atoms with Gasteiger partial charge >= 0.3 is 0 Å². The van der Waals surface area contributed by atoms with Crippen LogP contribution in [-0.4, -0.2) is 12.2 Å². The Morgan fingerprint density at radius 3 is 2.75 bits per heavy atom. The molecule has 3 fully saturated rings. The molecule has 1 nitrogen and oxygen atoms in total. The monoisotopic (exact) mass is 218 g/mol. The second-order valence-corrected chi connectivity index (χ2v) is 6.18. The van der Waals surface area contributed by atoms with Gasteiger partial charge in [0.05, 0.1) is 12.2 Å². The molecule has 0 aromatic rings. The van der Waals surface area contributed by atoms with E-state index in [1.165, 1.54) is 36.8 Å². The first-order chi connectivity index (χ1) is 7.54. The third kappa shape index (κ3) is 1.27. The first-order valence-electron chi connectivity index (χ1n) is 6.54. The van der Waals surface area contributed by atoms with Crippen molar-refractivity contribution in [1.29, 1.82) is 0 Å². The number of hydrogen-bond acceptors (Lipinski definition) is 1. The Morgan fingerprint density at radius 2 is 2.19 bits per heavy atom. The van der Waals surface area contributed by atoms with Gasteiger partial charge in [-0.15, -0.1) is 0 Å². The van der Waals surface area contributed by atoms with Crippen LogP contribution in [0.25, 0.3) is 0 Å². The summed E-state index contributed by atoms with van der Waals surface area (Å²) in [5.41, 5.74) is 3.24. The van der Waals surface area contributed by atoms with Crippen LogP contribution in [0.4, 0.5) is 0 Å². The van der Waals surface area contributed by atoms with Gasteiger partial charge in [-0.2, -0.15) is 0 Å². The molecular formula is C15H22O. The van der Waals surface area contributed by atoms with E-state index < -0.39 is 0 Å². The van der Waals surface area contributed by atoms with E-state index in [-0.39, 0.29) is 0 Å². The smallest absolute Gasteiger partial charge is 0.0876 e. The van der Waals surface area contributed by atoms with E-state index in [2.05, 4.69) is 27.0 Å². The Balaban J connectivity index is 1.87. The van der Waals surface area contributed by atoms with Crippen molar-refractivity contribution in [2.45, 2.75) is 51.7 Å². The minimum absolute atomic E-state index is 0.384. The molecule has 0 aromatic heterocycles. The topological polar surface area (TPSA) is 12.5 Å². The summed E-state index contributed by atoms with van der Waals surface area (Å²) in [4.78, 5) is 0. The van der Waals surface area contributed by atoms with Gasteiger partial charge < -0.3 is 4.74 Å². The number of epoxide rings is 1. The van der Waals surface area contributed by atoms with Crippen molar-refractivity contribution >= 4 is 0 Å². The largest absolute Gasteiger partial charge is 0.369 e. The molecule has 5 atom stereocenters. The molecule has 0 aromatic carbocycles. The first kappa shape index (κ1) is 10.6. The van der Waals surface area contributed by atoms with E-state index in [4.69, 9.17) is 4.74 Å². The van der Waals surface area contributed by atoms with Crippen LogP contribution in [0.1, 0.15) is 39.5 Å². The maximum absolute atomic E-state index is 5.67. The van der Waals surface area contributed by atoms with Gasteiger partial charge in [0.15, 0.2) is 0 Å². The standard InChI is InChI=1S/C15H22O/c1-9(2)12-6-5-10(3)15(7-12)8-13-14(16-13)11(15)4/h11-14H,1,3,5-8H2,2,4H3/t11-,12+,13+,14-,15+/m0/s1. The van der Waals surface area contributed by atoms with Crippen LogP contribution >= 0.6 is 0 Å². The Kier molecular flexibility index (Phi) is 2.13. The van der Waals surface area contributed by atoms with Gasteiger partial charge in [0.1, 0.15) is 0 Å². The third-order valence-corrected chi connectivity index (χ3v) is 5.36. The number of ether oxygens (including phenoxy) is 1. The number of fused-ring (bicyclic) bond motifs is 1. The minimum atomic E-state index is 0.384. The fraction of sp³-hybridized carbons (Fsp3) is 0.733. The highest BCUT2D eigenvalue weighted by molar-refractivity contribution is 5.26. The fourth-order valence-corrected chi connectivity index (χ4v) is 4.06. The highest BCUT2D eigenvalue weighted by atomic mass is 16.6. The molecule has 0 N–H and O–H groups in total. The van der Waals surface area contributed by atoms with Crippen molar-refractivity contribution in [3.8, 4) is 0 Å². The Bertz CT molecular complexity index is 356. The van der Waals surface area contributed by atoms with E-state index in [9.17, 15) is 0 Å². The van der Waals surface area contributed by atoms with Gasteiger partial charge in [-0.3, -0.25) is 0 Å². The van der Waals surface area contributed by atoms with E-state index in [0.717, 1.165) is 0 Å².